The molecule has 0 unspecified atom stereocenters. The van der Waals surface area contributed by atoms with E-state index in [2.05, 4.69) is 25.9 Å². The maximum atomic E-state index is 12.6. The third kappa shape index (κ3) is 5.27. The van der Waals surface area contributed by atoms with Crippen LogP contribution in [-0.2, 0) is 9.47 Å². The van der Waals surface area contributed by atoms with Gasteiger partial charge >= 0.3 is 11.9 Å². The average Bonchev–Trinajstić information content (AvgIpc) is 3.21. The first-order valence-electron chi connectivity index (χ1n) is 12.5. The number of hydrogen-bond acceptors (Lipinski definition) is 9. The molecule has 4 aromatic carbocycles. The summed E-state index contributed by atoms with van der Waals surface area (Å²) in [6.07, 6.45) is 2.99. The van der Waals surface area contributed by atoms with E-state index in [-0.39, 0.29) is 16.4 Å². The summed E-state index contributed by atoms with van der Waals surface area (Å²) >= 11 is 3.33. The van der Waals surface area contributed by atoms with Crippen LogP contribution in [0.2, 0.25) is 0 Å². The quantitative estimate of drug-likeness (QED) is 0.251. The predicted molar refractivity (Wildman–Crippen MR) is 166 cm³/mol. The third-order valence-electron chi connectivity index (χ3n) is 6.59. The summed E-state index contributed by atoms with van der Waals surface area (Å²) in [5.74, 6) is -0.992. The van der Waals surface area contributed by atoms with E-state index < -0.39 is 11.9 Å². The van der Waals surface area contributed by atoms with Gasteiger partial charge in [-0.25, -0.2) is 14.6 Å². The van der Waals surface area contributed by atoms with E-state index in [1.54, 1.807) is 79.0 Å². The molecule has 6 aromatic rings. The summed E-state index contributed by atoms with van der Waals surface area (Å²) in [5.41, 5.74) is 6.95. The summed E-state index contributed by atoms with van der Waals surface area (Å²) in [7, 11) is 2.62. The molecule has 9 nitrogen and oxygen atoms in total. The fraction of sp³-hybridized carbons (Fsp3) is 0.0625. The number of pyridine rings is 2. The number of aromatic nitrogens is 2. The molecule has 0 atom stereocenters. The first-order chi connectivity index (χ1) is 20.2. The number of fused-ring (bicyclic) bond motifs is 4. The van der Waals surface area contributed by atoms with Gasteiger partial charge in [0, 0.05) is 43.0 Å². The van der Waals surface area contributed by atoms with Gasteiger partial charge in [-0.1, -0.05) is 48.5 Å². The molecule has 0 saturated heterocycles. The Morgan fingerprint density at radius 3 is 1.57 bits per heavy atom. The molecule has 2 heterocycles. The molecule has 2 N–H and O–H groups in total. The maximum absolute atomic E-state index is 12.6. The molecule has 208 valence electrons. The molecule has 2 aromatic heterocycles. The van der Waals surface area contributed by atoms with Crippen LogP contribution in [-0.4, -0.2) is 36.1 Å². The third-order valence-corrected chi connectivity index (χ3v) is 7.02. The molecule has 10 heteroatoms. The topological polar surface area (TPSA) is 139 Å². The smallest absolute Gasteiger partial charge is 0.338 e. The van der Waals surface area contributed by atoms with Gasteiger partial charge in [0.05, 0.1) is 37.2 Å². The van der Waals surface area contributed by atoms with Crippen molar-refractivity contribution in [2.24, 2.45) is 0 Å². The van der Waals surface area contributed by atoms with Crippen LogP contribution >= 0.6 is 15.9 Å². The lowest BCUT2D eigenvalue weighted by molar-refractivity contribution is 0.0594. The van der Waals surface area contributed by atoms with Gasteiger partial charge in [-0.3, -0.25) is 14.6 Å². The second-order valence-corrected chi connectivity index (χ2v) is 10.1. The molecule has 0 aliphatic heterocycles. The van der Waals surface area contributed by atoms with Crippen molar-refractivity contribution in [3.63, 3.8) is 0 Å². The Bertz CT molecular complexity index is 2030. The molecule has 0 saturated carbocycles. The SMILES string of the molecule is COC(=O)c1cc2cc(Br)cnc2c(=O)c2ccccc12.COC(=O)c1cc2cc(N)cnc2c(=O)c2ccccc12. The van der Waals surface area contributed by atoms with Crippen LogP contribution in [0, 0.1) is 0 Å². The van der Waals surface area contributed by atoms with Gasteiger partial charge in [-0.05, 0) is 40.2 Å². The number of hydrogen-bond donors (Lipinski definition) is 1. The largest absolute Gasteiger partial charge is 0.465 e. The number of benzene rings is 2. The number of halogens is 1. The number of nitrogen functional groups attached to an aromatic ring is 1. The fourth-order valence-corrected chi connectivity index (χ4v) is 5.01. The Kier molecular flexibility index (Phi) is 7.90. The van der Waals surface area contributed by atoms with E-state index in [4.69, 9.17) is 15.2 Å². The maximum Gasteiger partial charge on any atom is 0.338 e. The predicted octanol–water partition coefficient (Wildman–Crippen LogP) is 5.41. The highest BCUT2D eigenvalue weighted by atomic mass is 79.9. The molecular weight excluding hydrogens is 602 g/mol. The van der Waals surface area contributed by atoms with Crippen LogP contribution in [0.1, 0.15) is 20.7 Å². The Hall–Kier alpha value is -5.22. The van der Waals surface area contributed by atoms with E-state index in [1.807, 2.05) is 0 Å². The van der Waals surface area contributed by atoms with Crippen LogP contribution < -0.4 is 16.6 Å². The second kappa shape index (κ2) is 11.7. The van der Waals surface area contributed by atoms with Gasteiger partial charge < -0.3 is 15.2 Å². The van der Waals surface area contributed by atoms with Crippen molar-refractivity contribution < 1.29 is 19.1 Å². The van der Waals surface area contributed by atoms with Gasteiger partial charge in [-0.2, -0.15) is 0 Å². The normalized spacial score (nSPS) is 10.7. The first-order valence-corrected chi connectivity index (χ1v) is 13.3. The summed E-state index contributed by atoms with van der Waals surface area (Å²) in [6.45, 7) is 0. The van der Waals surface area contributed by atoms with Gasteiger partial charge in [0.25, 0.3) is 0 Å². The Balaban J connectivity index is 0.000000168. The number of nitrogens with zero attached hydrogens (tertiary/aromatic N) is 2. The van der Waals surface area contributed by atoms with E-state index >= 15 is 0 Å². The molecule has 42 heavy (non-hydrogen) atoms. The molecule has 0 radical (unpaired) electrons. The van der Waals surface area contributed by atoms with Crippen LogP contribution in [0.25, 0.3) is 43.4 Å². The number of carbonyl (C=O) groups is 2. The minimum Gasteiger partial charge on any atom is -0.465 e. The zero-order chi connectivity index (χ0) is 30.0. The lowest BCUT2D eigenvalue weighted by atomic mass is 10.1. The molecule has 6 rings (SSSR count). The van der Waals surface area contributed by atoms with Crippen molar-refractivity contribution in [1.82, 2.24) is 9.97 Å². The number of rotatable bonds is 2. The van der Waals surface area contributed by atoms with Crippen molar-refractivity contribution >= 4 is 76.9 Å². The summed E-state index contributed by atoms with van der Waals surface area (Å²) in [4.78, 5) is 57.6. The highest BCUT2D eigenvalue weighted by Gasteiger charge is 2.15. The van der Waals surface area contributed by atoms with Gasteiger partial charge in [0.15, 0.2) is 0 Å². The lowest BCUT2D eigenvalue weighted by Gasteiger charge is -2.00. The number of anilines is 1. The lowest BCUT2D eigenvalue weighted by Crippen LogP contribution is -2.02. The summed E-state index contributed by atoms with van der Waals surface area (Å²) in [5, 5.41) is 3.06. The standard InChI is InChI=1S/C16H10BrNO3.C16H12N2O3/c2*1-21-16(20)13-7-9-6-10(17)8-18-14(9)15(19)12-5-3-2-4-11(12)13/h2-8H,1H3;2-8H,17H2,1H3. The molecular formula is C32H22BrN3O6. The zero-order valence-electron chi connectivity index (χ0n) is 22.4. The molecule has 0 aliphatic carbocycles. The minimum absolute atomic E-state index is 0.205. The molecule has 0 spiro atoms. The minimum atomic E-state index is -0.509. The van der Waals surface area contributed by atoms with Gasteiger partial charge in [0.1, 0.15) is 11.0 Å². The Labute approximate surface area is 246 Å². The molecule has 0 aliphatic rings. The highest BCUT2D eigenvalue weighted by Crippen LogP contribution is 2.23. The molecule has 0 bridgehead atoms. The monoisotopic (exact) mass is 623 g/mol. The second-order valence-electron chi connectivity index (χ2n) is 9.15. The average molecular weight is 624 g/mol. The molecule has 0 amide bonds. The van der Waals surface area contributed by atoms with Crippen molar-refractivity contribution in [2.45, 2.75) is 0 Å². The number of nitrogens with two attached hydrogens (primary N) is 1. The molecule has 0 fully saturated rings. The van der Waals surface area contributed by atoms with Crippen LogP contribution in [0.4, 0.5) is 5.69 Å². The van der Waals surface area contributed by atoms with Crippen molar-refractivity contribution in [1.29, 1.82) is 0 Å². The van der Waals surface area contributed by atoms with Crippen LogP contribution in [0.5, 0.6) is 0 Å². The number of carbonyl (C=O) groups excluding carboxylic acids is 2. The fourth-order valence-electron chi connectivity index (χ4n) is 4.66. The van der Waals surface area contributed by atoms with Crippen molar-refractivity contribution in [3.05, 3.63) is 121 Å². The summed E-state index contributed by atoms with van der Waals surface area (Å²) < 4.78 is 10.4. The van der Waals surface area contributed by atoms with E-state index in [0.29, 0.717) is 54.6 Å². The first kappa shape index (κ1) is 28.3. The van der Waals surface area contributed by atoms with E-state index in [9.17, 15) is 19.2 Å². The highest BCUT2D eigenvalue weighted by molar-refractivity contribution is 9.10. The van der Waals surface area contributed by atoms with Crippen molar-refractivity contribution in [2.75, 3.05) is 20.0 Å². The number of methoxy groups -OCH3 is 2. The van der Waals surface area contributed by atoms with Crippen molar-refractivity contribution in [3.8, 4) is 0 Å². The van der Waals surface area contributed by atoms with Crippen LogP contribution in [0.15, 0.2) is 99.3 Å². The Morgan fingerprint density at radius 2 is 1.10 bits per heavy atom. The Morgan fingerprint density at radius 1 is 0.667 bits per heavy atom. The number of esters is 2. The summed E-state index contributed by atoms with van der Waals surface area (Å²) in [6, 6.07) is 20.5. The van der Waals surface area contributed by atoms with E-state index in [1.165, 1.54) is 20.4 Å². The zero-order valence-corrected chi connectivity index (χ0v) is 24.0. The number of ether oxygens (including phenoxy) is 2. The van der Waals surface area contributed by atoms with Gasteiger partial charge in [-0.15, -0.1) is 0 Å². The van der Waals surface area contributed by atoms with E-state index in [0.717, 1.165) is 4.47 Å². The van der Waals surface area contributed by atoms with Gasteiger partial charge in [0.2, 0.25) is 10.9 Å². The van der Waals surface area contributed by atoms with Crippen LogP contribution in [0.3, 0.4) is 0 Å².